The molecule has 0 aliphatic heterocycles. The van der Waals surface area contributed by atoms with Crippen molar-refractivity contribution in [3.63, 3.8) is 0 Å². The molecule has 0 aromatic heterocycles. The molecule has 5 nitrogen and oxygen atoms in total. The summed E-state index contributed by atoms with van der Waals surface area (Å²) >= 11 is 0. The highest BCUT2D eigenvalue weighted by Crippen LogP contribution is 2.23. The Morgan fingerprint density at radius 3 is 2.23 bits per heavy atom. The minimum absolute atomic E-state index is 0.0268. The first kappa shape index (κ1) is 15.7. The Morgan fingerprint density at radius 2 is 1.64 bits per heavy atom. The summed E-state index contributed by atoms with van der Waals surface area (Å²) in [4.78, 5) is 11.2. The fraction of sp³-hybridized carbons (Fsp3) is 0.235. The Labute approximate surface area is 129 Å². The molecule has 0 bridgehead atoms. The van der Waals surface area contributed by atoms with Gasteiger partial charge in [0.2, 0.25) is 0 Å². The van der Waals surface area contributed by atoms with Crippen molar-refractivity contribution in [2.45, 2.75) is 6.92 Å². The summed E-state index contributed by atoms with van der Waals surface area (Å²) in [5.41, 5.74) is 6.86. The summed E-state index contributed by atoms with van der Waals surface area (Å²) in [5, 5.41) is 0. The molecule has 2 rings (SSSR count). The van der Waals surface area contributed by atoms with E-state index < -0.39 is 0 Å². The minimum atomic E-state index is -0.0268. The number of nitrogen functional groups attached to an aromatic ring is 1. The smallest absolute Gasteiger partial charge is 0.159 e. The number of ketones is 1. The number of hydrogen-bond acceptors (Lipinski definition) is 5. The Hall–Kier alpha value is -2.69. The van der Waals surface area contributed by atoms with Crippen LogP contribution in [-0.4, -0.2) is 26.1 Å². The van der Waals surface area contributed by atoms with Gasteiger partial charge in [-0.05, 0) is 49.4 Å². The summed E-state index contributed by atoms with van der Waals surface area (Å²) in [7, 11) is 1.62. The molecule has 0 radical (unpaired) electrons. The van der Waals surface area contributed by atoms with Gasteiger partial charge in [0.15, 0.2) is 5.78 Å². The van der Waals surface area contributed by atoms with Gasteiger partial charge in [-0.3, -0.25) is 4.79 Å². The van der Waals surface area contributed by atoms with E-state index in [1.807, 2.05) is 24.3 Å². The van der Waals surface area contributed by atoms with Crippen LogP contribution in [0.4, 0.5) is 5.69 Å². The maximum Gasteiger partial charge on any atom is 0.159 e. The quantitative estimate of drug-likeness (QED) is 0.483. The van der Waals surface area contributed by atoms with E-state index >= 15 is 0 Å². The zero-order chi connectivity index (χ0) is 15.9. The predicted octanol–water partition coefficient (Wildman–Crippen LogP) is 2.94. The molecule has 0 saturated carbocycles. The highest BCUT2D eigenvalue weighted by Gasteiger charge is 2.05. The first-order chi connectivity index (χ1) is 10.6. The van der Waals surface area contributed by atoms with Gasteiger partial charge >= 0.3 is 0 Å². The molecule has 0 aliphatic carbocycles. The molecule has 0 unspecified atom stereocenters. The third kappa shape index (κ3) is 4.15. The van der Waals surface area contributed by atoms with Crippen molar-refractivity contribution >= 4 is 11.5 Å². The van der Waals surface area contributed by atoms with Crippen molar-refractivity contribution in [1.82, 2.24) is 0 Å². The Kier molecular flexibility index (Phi) is 5.25. The molecule has 0 saturated heterocycles. The average molecular weight is 301 g/mol. The molecule has 2 aromatic carbocycles. The predicted molar refractivity (Wildman–Crippen MR) is 84.8 cm³/mol. The highest BCUT2D eigenvalue weighted by molar-refractivity contribution is 5.95. The van der Waals surface area contributed by atoms with Crippen LogP contribution in [0.2, 0.25) is 0 Å². The van der Waals surface area contributed by atoms with Crippen molar-refractivity contribution in [2.24, 2.45) is 0 Å². The number of hydrogen-bond donors (Lipinski definition) is 1. The minimum Gasteiger partial charge on any atom is -0.497 e. The van der Waals surface area contributed by atoms with E-state index in [1.54, 1.807) is 25.3 Å². The van der Waals surface area contributed by atoms with E-state index in [0.717, 1.165) is 11.5 Å². The van der Waals surface area contributed by atoms with Gasteiger partial charge in [0, 0.05) is 5.56 Å². The summed E-state index contributed by atoms with van der Waals surface area (Å²) in [6.07, 6.45) is 0. The SMILES string of the molecule is COc1ccc(OCCOc2ccc(C(C)=O)cc2N)cc1. The zero-order valence-corrected chi connectivity index (χ0v) is 12.7. The van der Waals surface area contributed by atoms with E-state index in [0.29, 0.717) is 30.2 Å². The fourth-order valence-electron chi connectivity index (χ4n) is 1.88. The average Bonchev–Trinajstić information content (AvgIpc) is 2.53. The molecule has 22 heavy (non-hydrogen) atoms. The molecule has 0 heterocycles. The number of carbonyl (C=O) groups excluding carboxylic acids is 1. The van der Waals surface area contributed by atoms with E-state index in [2.05, 4.69) is 0 Å². The normalized spacial score (nSPS) is 10.1. The summed E-state index contributed by atoms with van der Waals surface area (Å²) in [6.45, 7) is 2.24. The van der Waals surface area contributed by atoms with Gasteiger partial charge in [-0.15, -0.1) is 0 Å². The van der Waals surface area contributed by atoms with Gasteiger partial charge in [-0.1, -0.05) is 0 Å². The van der Waals surface area contributed by atoms with Gasteiger partial charge in [0.05, 0.1) is 12.8 Å². The van der Waals surface area contributed by atoms with Crippen LogP contribution >= 0.6 is 0 Å². The molecule has 0 fully saturated rings. The van der Waals surface area contributed by atoms with E-state index in [9.17, 15) is 4.79 Å². The molecular formula is C17H19NO4. The number of carbonyl (C=O) groups is 1. The van der Waals surface area contributed by atoms with Gasteiger partial charge in [0.1, 0.15) is 30.5 Å². The number of nitrogens with two attached hydrogens (primary N) is 1. The second kappa shape index (κ2) is 7.36. The van der Waals surface area contributed by atoms with Crippen LogP contribution in [0.15, 0.2) is 42.5 Å². The molecule has 116 valence electrons. The zero-order valence-electron chi connectivity index (χ0n) is 12.7. The summed E-state index contributed by atoms with van der Waals surface area (Å²) in [5.74, 6) is 2.04. The van der Waals surface area contributed by atoms with Crippen molar-refractivity contribution in [3.8, 4) is 17.2 Å². The highest BCUT2D eigenvalue weighted by atomic mass is 16.5. The number of anilines is 1. The monoisotopic (exact) mass is 301 g/mol. The Morgan fingerprint density at radius 1 is 1.00 bits per heavy atom. The third-order valence-corrected chi connectivity index (χ3v) is 3.09. The molecule has 0 spiro atoms. The van der Waals surface area contributed by atoms with E-state index in [1.165, 1.54) is 6.92 Å². The van der Waals surface area contributed by atoms with Crippen LogP contribution in [0.25, 0.3) is 0 Å². The van der Waals surface area contributed by atoms with E-state index in [4.69, 9.17) is 19.9 Å². The van der Waals surface area contributed by atoms with Crippen LogP contribution in [0, 0.1) is 0 Å². The molecule has 2 aromatic rings. The van der Waals surface area contributed by atoms with Crippen LogP contribution in [0.3, 0.4) is 0 Å². The lowest BCUT2D eigenvalue weighted by Crippen LogP contribution is -2.10. The lowest BCUT2D eigenvalue weighted by molar-refractivity contribution is 0.101. The van der Waals surface area contributed by atoms with Gasteiger partial charge in [-0.25, -0.2) is 0 Å². The molecular weight excluding hydrogens is 282 g/mol. The van der Waals surface area contributed by atoms with Gasteiger partial charge in [-0.2, -0.15) is 0 Å². The van der Waals surface area contributed by atoms with Crippen molar-refractivity contribution < 1.29 is 19.0 Å². The lowest BCUT2D eigenvalue weighted by atomic mass is 10.1. The molecule has 0 aliphatic rings. The van der Waals surface area contributed by atoms with E-state index in [-0.39, 0.29) is 5.78 Å². The van der Waals surface area contributed by atoms with Crippen LogP contribution in [0.5, 0.6) is 17.2 Å². The third-order valence-electron chi connectivity index (χ3n) is 3.09. The van der Waals surface area contributed by atoms with Crippen LogP contribution in [-0.2, 0) is 0 Å². The topological polar surface area (TPSA) is 70.8 Å². The second-order valence-electron chi connectivity index (χ2n) is 4.68. The fourth-order valence-corrected chi connectivity index (χ4v) is 1.88. The Bertz CT molecular complexity index is 638. The molecule has 0 atom stereocenters. The van der Waals surface area contributed by atoms with Crippen LogP contribution in [0.1, 0.15) is 17.3 Å². The largest absolute Gasteiger partial charge is 0.497 e. The number of Topliss-reactive ketones (excluding diaryl/α,β-unsaturated/α-hetero) is 1. The molecule has 5 heteroatoms. The van der Waals surface area contributed by atoms with Crippen molar-refractivity contribution in [1.29, 1.82) is 0 Å². The molecule has 2 N–H and O–H groups in total. The van der Waals surface area contributed by atoms with Gasteiger partial charge < -0.3 is 19.9 Å². The Balaban J connectivity index is 1.82. The van der Waals surface area contributed by atoms with Gasteiger partial charge in [0.25, 0.3) is 0 Å². The number of benzene rings is 2. The lowest BCUT2D eigenvalue weighted by Gasteiger charge is -2.11. The molecule has 0 amide bonds. The second-order valence-corrected chi connectivity index (χ2v) is 4.68. The number of methoxy groups -OCH3 is 1. The van der Waals surface area contributed by atoms with Crippen molar-refractivity contribution in [3.05, 3.63) is 48.0 Å². The first-order valence-electron chi connectivity index (χ1n) is 6.90. The summed E-state index contributed by atoms with van der Waals surface area (Å²) in [6, 6.07) is 12.3. The van der Waals surface area contributed by atoms with Crippen molar-refractivity contribution in [2.75, 3.05) is 26.1 Å². The maximum atomic E-state index is 11.2. The summed E-state index contributed by atoms with van der Waals surface area (Å²) < 4.78 is 16.2. The van der Waals surface area contributed by atoms with Crippen LogP contribution < -0.4 is 19.9 Å². The maximum absolute atomic E-state index is 11.2. The standard InChI is InChI=1S/C17H19NO4/c1-12(19)13-3-8-17(16(18)11-13)22-10-9-21-15-6-4-14(20-2)5-7-15/h3-8,11H,9-10,18H2,1-2H3. The number of ether oxygens (including phenoxy) is 3. The number of rotatable bonds is 7. The first-order valence-corrected chi connectivity index (χ1v) is 6.90.